The van der Waals surface area contributed by atoms with E-state index in [9.17, 15) is 9.59 Å². The highest BCUT2D eigenvalue weighted by molar-refractivity contribution is 5.92. The van der Waals surface area contributed by atoms with Crippen LogP contribution in [0.25, 0.3) is 0 Å². The molecule has 1 rings (SSSR count). The van der Waals surface area contributed by atoms with Gasteiger partial charge in [0.25, 0.3) is 0 Å². The Bertz CT molecular complexity index is 276. The molecule has 1 heterocycles. The van der Waals surface area contributed by atoms with E-state index >= 15 is 0 Å². The zero-order valence-corrected chi connectivity index (χ0v) is 10.2. The lowest BCUT2D eigenvalue weighted by Gasteiger charge is -2.28. The minimum atomic E-state index is -0.791. The molecule has 2 amide bonds. The van der Waals surface area contributed by atoms with Crippen molar-refractivity contribution in [3.8, 4) is 0 Å². The first-order chi connectivity index (χ1) is 7.47. The summed E-state index contributed by atoms with van der Waals surface area (Å²) in [5, 5.41) is 2.73. The molecule has 0 spiro atoms. The summed E-state index contributed by atoms with van der Waals surface area (Å²) < 4.78 is 4.95. The molecule has 1 aliphatic heterocycles. The van der Waals surface area contributed by atoms with Gasteiger partial charge in [-0.15, -0.1) is 0 Å². The van der Waals surface area contributed by atoms with Gasteiger partial charge in [-0.05, 0) is 20.3 Å². The van der Waals surface area contributed by atoms with Crippen LogP contribution in [-0.4, -0.2) is 49.1 Å². The molecule has 5 heteroatoms. The summed E-state index contributed by atoms with van der Waals surface area (Å²) in [6.45, 7) is 5.25. The average molecular weight is 228 g/mol. The number of nitrogens with zero attached hydrogens (tertiary/aromatic N) is 1. The second-order valence-electron chi connectivity index (χ2n) is 4.56. The molecule has 0 aliphatic carbocycles. The molecule has 1 fully saturated rings. The summed E-state index contributed by atoms with van der Waals surface area (Å²) in [5.41, 5.74) is -0.791. The zero-order chi connectivity index (χ0) is 12.2. The van der Waals surface area contributed by atoms with Crippen LogP contribution in [0.2, 0.25) is 0 Å². The minimum Gasteiger partial charge on any atom is -0.385 e. The summed E-state index contributed by atoms with van der Waals surface area (Å²) in [5.74, 6) is -0.0814. The molecule has 0 unspecified atom stereocenters. The van der Waals surface area contributed by atoms with Gasteiger partial charge in [0, 0.05) is 33.2 Å². The average Bonchev–Trinajstić information content (AvgIpc) is 2.29. The van der Waals surface area contributed by atoms with Gasteiger partial charge >= 0.3 is 0 Å². The maximum atomic E-state index is 12.1. The molecule has 1 N–H and O–H groups in total. The number of amides is 2. The van der Waals surface area contributed by atoms with E-state index in [0.29, 0.717) is 26.1 Å². The molecule has 0 radical (unpaired) electrons. The van der Waals surface area contributed by atoms with Crippen molar-refractivity contribution in [2.75, 3.05) is 26.8 Å². The molecule has 0 aromatic carbocycles. The molecule has 1 aliphatic rings. The van der Waals surface area contributed by atoms with Gasteiger partial charge in [-0.25, -0.2) is 0 Å². The second kappa shape index (κ2) is 5.30. The fourth-order valence-corrected chi connectivity index (χ4v) is 1.81. The summed E-state index contributed by atoms with van der Waals surface area (Å²) in [6.07, 6.45) is 1.18. The van der Waals surface area contributed by atoms with Crippen molar-refractivity contribution in [2.24, 2.45) is 0 Å². The lowest BCUT2D eigenvalue weighted by molar-refractivity contribution is -0.137. The van der Waals surface area contributed by atoms with Crippen molar-refractivity contribution in [2.45, 2.75) is 32.2 Å². The van der Waals surface area contributed by atoms with Crippen LogP contribution in [0.1, 0.15) is 26.7 Å². The maximum absolute atomic E-state index is 12.1. The van der Waals surface area contributed by atoms with Crippen molar-refractivity contribution in [3.63, 3.8) is 0 Å². The van der Waals surface area contributed by atoms with E-state index in [1.807, 2.05) is 0 Å². The van der Waals surface area contributed by atoms with Crippen LogP contribution in [-0.2, 0) is 14.3 Å². The summed E-state index contributed by atoms with van der Waals surface area (Å²) in [6, 6.07) is 0. The fraction of sp³-hybridized carbons (Fsp3) is 0.818. The van der Waals surface area contributed by atoms with Crippen LogP contribution in [0.3, 0.4) is 0 Å². The molecule has 0 bridgehead atoms. The van der Waals surface area contributed by atoms with E-state index < -0.39 is 5.54 Å². The number of nitrogens with one attached hydrogen (secondary N) is 1. The predicted octanol–water partition coefficient (Wildman–Crippen LogP) is 0.150. The molecule has 1 saturated heterocycles. The SMILES string of the molecule is COCCCN1CCC(=O)NC(C)(C)C1=O. The molecular formula is C11H20N2O3. The Labute approximate surface area is 96.1 Å². The molecule has 5 nitrogen and oxygen atoms in total. The quantitative estimate of drug-likeness (QED) is 0.697. The molecule has 0 atom stereocenters. The normalized spacial score (nSPS) is 20.6. The van der Waals surface area contributed by atoms with Crippen LogP contribution < -0.4 is 5.32 Å². The third-order valence-corrected chi connectivity index (χ3v) is 2.66. The highest BCUT2D eigenvalue weighted by Crippen LogP contribution is 2.13. The third kappa shape index (κ3) is 3.20. The van der Waals surface area contributed by atoms with E-state index in [1.54, 1.807) is 25.9 Å². The highest BCUT2D eigenvalue weighted by atomic mass is 16.5. The van der Waals surface area contributed by atoms with E-state index in [0.717, 1.165) is 6.42 Å². The van der Waals surface area contributed by atoms with Gasteiger partial charge < -0.3 is 15.0 Å². The van der Waals surface area contributed by atoms with Gasteiger partial charge in [0.15, 0.2) is 0 Å². The van der Waals surface area contributed by atoms with E-state index in [4.69, 9.17) is 4.74 Å². The van der Waals surface area contributed by atoms with Crippen LogP contribution >= 0.6 is 0 Å². The van der Waals surface area contributed by atoms with Gasteiger partial charge in [0.05, 0.1) is 0 Å². The van der Waals surface area contributed by atoms with E-state index in [-0.39, 0.29) is 11.8 Å². The molecule has 0 saturated carbocycles. The van der Waals surface area contributed by atoms with Gasteiger partial charge in [-0.1, -0.05) is 0 Å². The number of hydrogen-bond donors (Lipinski definition) is 1. The topological polar surface area (TPSA) is 58.6 Å². The van der Waals surface area contributed by atoms with E-state index in [2.05, 4.69) is 5.32 Å². The number of rotatable bonds is 4. The third-order valence-electron chi connectivity index (χ3n) is 2.66. The smallest absolute Gasteiger partial charge is 0.247 e. The number of ether oxygens (including phenoxy) is 1. The zero-order valence-electron chi connectivity index (χ0n) is 10.2. The Morgan fingerprint density at radius 3 is 2.75 bits per heavy atom. The van der Waals surface area contributed by atoms with Crippen molar-refractivity contribution in [1.29, 1.82) is 0 Å². The monoisotopic (exact) mass is 228 g/mol. The number of methoxy groups -OCH3 is 1. The van der Waals surface area contributed by atoms with Crippen molar-refractivity contribution < 1.29 is 14.3 Å². The van der Waals surface area contributed by atoms with Crippen LogP contribution in [0.4, 0.5) is 0 Å². The minimum absolute atomic E-state index is 0.0190. The summed E-state index contributed by atoms with van der Waals surface area (Å²) in [4.78, 5) is 25.2. The van der Waals surface area contributed by atoms with Crippen molar-refractivity contribution >= 4 is 11.8 Å². The first-order valence-corrected chi connectivity index (χ1v) is 5.56. The number of hydrogen-bond acceptors (Lipinski definition) is 3. The molecule has 92 valence electrons. The lowest BCUT2D eigenvalue weighted by Crippen LogP contribution is -2.53. The first kappa shape index (κ1) is 13.0. The standard InChI is InChI=1S/C11H20N2O3/c1-11(2)10(15)13(6-4-8-16-3)7-5-9(14)12-11/h4-8H2,1-3H3,(H,12,14). The number of carbonyl (C=O) groups is 2. The van der Waals surface area contributed by atoms with E-state index in [1.165, 1.54) is 0 Å². The highest BCUT2D eigenvalue weighted by Gasteiger charge is 2.35. The Hall–Kier alpha value is -1.10. The second-order valence-corrected chi connectivity index (χ2v) is 4.56. The molecular weight excluding hydrogens is 208 g/mol. The first-order valence-electron chi connectivity index (χ1n) is 5.56. The number of carbonyl (C=O) groups excluding carboxylic acids is 2. The Morgan fingerprint density at radius 1 is 1.44 bits per heavy atom. The van der Waals surface area contributed by atoms with Crippen molar-refractivity contribution in [1.82, 2.24) is 10.2 Å². The predicted molar refractivity (Wildman–Crippen MR) is 59.9 cm³/mol. The van der Waals surface area contributed by atoms with Gasteiger partial charge in [0.2, 0.25) is 11.8 Å². The van der Waals surface area contributed by atoms with Crippen LogP contribution in [0.5, 0.6) is 0 Å². The Morgan fingerprint density at radius 2 is 2.12 bits per heavy atom. The maximum Gasteiger partial charge on any atom is 0.247 e. The van der Waals surface area contributed by atoms with Crippen LogP contribution in [0, 0.1) is 0 Å². The van der Waals surface area contributed by atoms with Crippen LogP contribution in [0.15, 0.2) is 0 Å². The van der Waals surface area contributed by atoms with Gasteiger partial charge in [0.1, 0.15) is 5.54 Å². The fourth-order valence-electron chi connectivity index (χ4n) is 1.81. The van der Waals surface area contributed by atoms with Crippen molar-refractivity contribution in [3.05, 3.63) is 0 Å². The Balaban J connectivity index is 2.62. The lowest BCUT2D eigenvalue weighted by atomic mass is 10.0. The molecule has 0 aromatic heterocycles. The Kier molecular flexibility index (Phi) is 4.29. The summed E-state index contributed by atoms with van der Waals surface area (Å²) >= 11 is 0. The van der Waals surface area contributed by atoms with Gasteiger partial charge in [-0.2, -0.15) is 0 Å². The van der Waals surface area contributed by atoms with Gasteiger partial charge in [-0.3, -0.25) is 9.59 Å². The molecule has 16 heavy (non-hydrogen) atoms. The largest absolute Gasteiger partial charge is 0.385 e. The summed E-state index contributed by atoms with van der Waals surface area (Å²) in [7, 11) is 1.64. The molecule has 0 aromatic rings.